The van der Waals surface area contributed by atoms with E-state index in [1.54, 1.807) is 0 Å². The maximum absolute atomic E-state index is 10.5. The SMILES string of the molecule is [2H]CC(=O)CC([B])CC. The molecule has 0 saturated heterocycles. The molecule has 0 aromatic rings. The van der Waals surface area contributed by atoms with E-state index in [0.29, 0.717) is 6.42 Å². The highest BCUT2D eigenvalue weighted by molar-refractivity contribution is 6.13. The molecule has 1 unspecified atom stereocenters. The van der Waals surface area contributed by atoms with Crippen molar-refractivity contribution < 1.29 is 6.17 Å². The van der Waals surface area contributed by atoms with Crippen molar-refractivity contribution in [3.05, 3.63) is 0 Å². The lowest BCUT2D eigenvalue weighted by Crippen LogP contribution is -1.97. The van der Waals surface area contributed by atoms with Gasteiger partial charge in [0.25, 0.3) is 0 Å². The van der Waals surface area contributed by atoms with Crippen LogP contribution < -0.4 is 0 Å². The van der Waals surface area contributed by atoms with Crippen molar-refractivity contribution in [2.45, 2.75) is 32.5 Å². The molecule has 8 heavy (non-hydrogen) atoms. The van der Waals surface area contributed by atoms with E-state index < -0.39 is 0 Å². The average molecular weight is 111 g/mol. The van der Waals surface area contributed by atoms with Gasteiger partial charge < -0.3 is 4.79 Å². The Morgan fingerprint density at radius 2 is 2.62 bits per heavy atom. The maximum atomic E-state index is 10.5. The predicted molar refractivity (Wildman–Crippen MR) is 35.1 cm³/mol. The van der Waals surface area contributed by atoms with Crippen molar-refractivity contribution in [1.82, 2.24) is 0 Å². The Labute approximate surface area is 53.3 Å². The van der Waals surface area contributed by atoms with E-state index in [9.17, 15) is 4.79 Å². The molecule has 44 valence electrons. The third-order valence-corrected chi connectivity index (χ3v) is 1.01. The quantitative estimate of drug-likeness (QED) is 0.502. The molecule has 0 N–H and O–H groups in total. The van der Waals surface area contributed by atoms with Crippen molar-refractivity contribution in [2.24, 2.45) is 0 Å². The minimum Gasteiger partial charge on any atom is -0.300 e. The lowest BCUT2D eigenvalue weighted by atomic mass is 9.81. The van der Waals surface area contributed by atoms with Crippen LogP contribution in [0.25, 0.3) is 0 Å². The Balaban J connectivity index is 3.34. The second-order valence-electron chi connectivity index (χ2n) is 1.91. The molecule has 1 nitrogen and oxygen atoms in total. The summed E-state index contributed by atoms with van der Waals surface area (Å²) in [4.78, 5) is 10.5. The normalized spacial score (nSPS) is 14.9. The molecule has 0 aliphatic heterocycles. The van der Waals surface area contributed by atoms with Gasteiger partial charge in [-0.2, -0.15) is 0 Å². The highest BCUT2D eigenvalue weighted by Crippen LogP contribution is 2.08. The van der Waals surface area contributed by atoms with Crippen molar-refractivity contribution in [2.75, 3.05) is 0 Å². The monoisotopic (exact) mass is 111 g/mol. The van der Waals surface area contributed by atoms with Crippen LogP contribution in [0, 0.1) is 0 Å². The highest BCUT2D eigenvalue weighted by Gasteiger charge is 1.99. The molecule has 2 heteroatoms. The molecule has 0 amide bonds. The fourth-order valence-corrected chi connectivity index (χ4v) is 0.437. The van der Waals surface area contributed by atoms with E-state index in [2.05, 4.69) is 0 Å². The average Bonchev–Trinajstić information content (AvgIpc) is 1.87. The van der Waals surface area contributed by atoms with Gasteiger partial charge in [0.2, 0.25) is 0 Å². The molecule has 2 radical (unpaired) electrons. The Kier molecular flexibility index (Phi) is 2.71. The van der Waals surface area contributed by atoms with Gasteiger partial charge in [-0.25, -0.2) is 0 Å². The van der Waals surface area contributed by atoms with Crippen LogP contribution >= 0.6 is 0 Å². The standard InChI is InChI=1S/C6H11BO/c1-3-6(7)4-5(2)8/h6H,3-4H2,1-2H3/i2D. The second kappa shape index (κ2) is 3.70. The number of carbonyl (C=O) groups is 1. The van der Waals surface area contributed by atoms with Crippen LogP contribution in [0.3, 0.4) is 0 Å². The van der Waals surface area contributed by atoms with Crippen LogP contribution in [0.5, 0.6) is 0 Å². The van der Waals surface area contributed by atoms with E-state index >= 15 is 0 Å². The summed E-state index contributed by atoms with van der Waals surface area (Å²) in [6, 6.07) is 0. The number of hydrogen-bond acceptors (Lipinski definition) is 1. The molecular formula is C6H11BO. The lowest BCUT2D eigenvalue weighted by Gasteiger charge is -2.02. The predicted octanol–water partition coefficient (Wildman–Crippen LogP) is 1.33. The molecule has 0 fully saturated rings. The maximum Gasteiger partial charge on any atom is 0.129 e. The van der Waals surface area contributed by atoms with Gasteiger partial charge in [-0.3, -0.25) is 0 Å². The third kappa shape index (κ3) is 3.91. The first-order chi connectivity index (χ1) is 4.20. The lowest BCUT2D eigenvalue weighted by molar-refractivity contribution is -0.117. The van der Waals surface area contributed by atoms with Crippen LogP contribution in [0.2, 0.25) is 5.82 Å². The number of carbonyl (C=O) groups excluding carboxylic acids is 1. The smallest absolute Gasteiger partial charge is 0.129 e. The first kappa shape index (κ1) is 5.86. The van der Waals surface area contributed by atoms with Crippen LogP contribution in [0.15, 0.2) is 0 Å². The van der Waals surface area contributed by atoms with Gasteiger partial charge in [-0.15, -0.1) is 0 Å². The highest BCUT2D eigenvalue weighted by atomic mass is 16.1. The molecule has 0 spiro atoms. The number of hydrogen-bond donors (Lipinski definition) is 0. The molecule has 0 aromatic carbocycles. The summed E-state index contributed by atoms with van der Waals surface area (Å²) in [5, 5.41) is 0. The van der Waals surface area contributed by atoms with E-state index in [0.717, 1.165) is 6.42 Å². The molecule has 0 bridgehead atoms. The third-order valence-electron chi connectivity index (χ3n) is 1.01. The topological polar surface area (TPSA) is 17.1 Å². The Bertz CT molecular complexity index is 95.1. The van der Waals surface area contributed by atoms with E-state index in [1.807, 2.05) is 6.92 Å². The Morgan fingerprint density at radius 3 is 3.00 bits per heavy atom. The van der Waals surface area contributed by atoms with Crippen molar-refractivity contribution >= 4 is 13.6 Å². The number of Topliss-reactive ketones (excluding diaryl/α,β-unsaturated/α-hetero) is 1. The Morgan fingerprint density at radius 1 is 2.00 bits per heavy atom. The second-order valence-corrected chi connectivity index (χ2v) is 1.91. The summed E-state index contributed by atoms with van der Waals surface area (Å²) in [6.45, 7) is 1.80. The number of rotatable bonds is 3. The van der Waals surface area contributed by atoms with Crippen LogP contribution in [0.1, 0.15) is 28.0 Å². The minimum atomic E-state index is -0.131. The molecule has 1 atom stereocenters. The van der Waals surface area contributed by atoms with Gasteiger partial charge in [-0.1, -0.05) is 19.2 Å². The van der Waals surface area contributed by atoms with Gasteiger partial charge in [0.15, 0.2) is 0 Å². The van der Waals surface area contributed by atoms with Gasteiger partial charge in [-0.05, 0) is 6.90 Å². The van der Waals surface area contributed by atoms with E-state index in [4.69, 9.17) is 9.22 Å². The molecule has 0 aliphatic carbocycles. The van der Waals surface area contributed by atoms with Gasteiger partial charge in [0.1, 0.15) is 5.78 Å². The molecule has 0 heterocycles. The molecule has 0 rings (SSSR count). The summed E-state index contributed by atoms with van der Waals surface area (Å²) >= 11 is 0. The summed E-state index contributed by atoms with van der Waals surface area (Å²) < 4.78 is 6.67. The summed E-state index contributed by atoms with van der Waals surface area (Å²) in [7, 11) is 5.45. The van der Waals surface area contributed by atoms with Crippen molar-refractivity contribution in [3.63, 3.8) is 0 Å². The van der Waals surface area contributed by atoms with Crippen LogP contribution in [0.4, 0.5) is 0 Å². The van der Waals surface area contributed by atoms with E-state index in [-0.39, 0.29) is 18.5 Å². The fourth-order valence-electron chi connectivity index (χ4n) is 0.437. The zero-order chi connectivity index (χ0) is 7.28. The summed E-state index contributed by atoms with van der Waals surface area (Å²) in [5.41, 5.74) is 0. The number of ketones is 1. The zero-order valence-electron chi connectivity index (χ0n) is 6.18. The van der Waals surface area contributed by atoms with E-state index in [1.165, 1.54) is 0 Å². The molecular weight excluding hydrogens is 98.9 g/mol. The zero-order valence-corrected chi connectivity index (χ0v) is 5.18. The van der Waals surface area contributed by atoms with Gasteiger partial charge in [0.05, 0.1) is 7.85 Å². The largest absolute Gasteiger partial charge is 0.300 e. The van der Waals surface area contributed by atoms with Crippen molar-refractivity contribution in [3.8, 4) is 0 Å². The van der Waals surface area contributed by atoms with Crippen LogP contribution in [-0.2, 0) is 4.79 Å². The molecule has 0 aromatic heterocycles. The first-order valence-corrected chi connectivity index (χ1v) is 2.77. The van der Waals surface area contributed by atoms with Crippen molar-refractivity contribution in [1.29, 1.82) is 0 Å². The molecule has 0 aliphatic rings. The fraction of sp³-hybridized carbons (Fsp3) is 0.833. The minimum absolute atomic E-state index is 0.0390. The summed E-state index contributed by atoms with van der Waals surface area (Å²) in [5.74, 6) is -0.104. The Hall–Kier alpha value is -0.265. The van der Waals surface area contributed by atoms with Gasteiger partial charge in [0, 0.05) is 7.79 Å². The molecule has 0 saturated carbocycles. The summed E-state index contributed by atoms with van der Waals surface area (Å²) in [6.07, 6.45) is 1.17. The van der Waals surface area contributed by atoms with Crippen LogP contribution in [-0.4, -0.2) is 13.6 Å². The first-order valence-electron chi connectivity index (χ1n) is 3.48. The van der Waals surface area contributed by atoms with Gasteiger partial charge >= 0.3 is 0 Å².